The third kappa shape index (κ3) is 2.08. The fraction of sp³-hybridized carbons (Fsp3) is 0.286. The van der Waals surface area contributed by atoms with E-state index in [0.29, 0.717) is 6.42 Å². The van der Waals surface area contributed by atoms with Crippen LogP contribution in [0.2, 0.25) is 0 Å². The Bertz CT molecular complexity index is 197. The molecular weight excluding hydrogens is 194 g/mol. The van der Waals surface area contributed by atoms with E-state index in [9.17, 15) is 0 Å². The minimum Gasteiger partial charge on any atom is -0.396 e. The summed E-state index contributed by atoms with van der Waals surface area (Å²) in [6.45, 7) is 0.184. The second kappa shape index (κ2) is 3.68. The summed E-state index contributed by atoms with van der Waals surface area (Å²) in [4.78, 5) is 4.00. The molecule has 0 aromatic carbocycles. The largest absolute Gasteiger partial charge is 0.396 e. The van der Waals surface area contributed by atoms with Crippen molar-refractivity contribution in [3.05, 3.63) is 28.5 Å². The fourth-order valence-corrected chi connectivity index (χ4v) is 0.918. The molecule has 0 amide bonds. The van der Waals surface area contributed by atoms with Crippen molar-refractivity contribution in [1.29, 1.82) is 0 Å². The van der Waals surface area contributed by atoms with Gasteiger partial charge in [-0.25, -0.2) is 4.98 Å². The molecule has 0 atom stereocenters. The van der Waals surface area contributed by atoms with Gasteiger partial charge in [-0.05, 0) is 34.0 Å². The van der Waals surface area contributed by atoms with Crippen molar-refractivity contribution in [2.75, 3.05) is 6.61 Å². The Hall–Kier alpha value is -0.410. The Morgan fingerprint density at radius 1 is 1.50 bits per heavy atom. The molecule has 0 aliphatic carbocycles. The lowest BCUT2D eigenvalue weighted by atomic mass is 10.2. The van der Waals surface area contributed by atoms with Crippen LogP contribution in [0.1, 0.15) is 5.56 Å². The van der Waals surface area contributed by atoms with E-state index in [0.717, 1.165) is 10.2 Å². The van der Waals surface area contributed by atoms with Gasteiger partial charge in [0.2, 0.25) is 0 Å². The molecule has 0 spiro atoms. The SMILES string of the molecule is OCCc1ccc(Br)nc1. The predicted octanol–water partition coefficient (Wildman–Crippen LogP) is 1.38. The average molecular weight is 202 g/mol. The fourth-order valence-electron chi connectivity index (χ4n) is 0.683. The van der Waals surface area contributed by atoms with Crippen LogP contribution in [0.25, 0.3) is 0 Å². The zero-order valence-electron chi connectivity index (χ0n) is 5.42. The maximum Gasteiger partial charge on any atom is 0.106 e. The van der Waals surface area contributed by atoms with Crippen molar-refractivity contribution in [1.82, 2.24) is 4.98 Å². The van der Waals surface area contributed by atoms with E-state index in [2.05, 4.69) is 20.9 Å². The summed E-state index contributed by atoms with van der Waals surface area (Å²) in [6, 6.07) is 3.80. The average Bonchev–Trinajstić information content (AvgIpc) is 1.95. The minimum atomic E-state index is 0.184. The van der Waals surface area contributed by atoms with Gasteiger partial charge in [0.05, 0.1) is 0 Å². The van der Waals surface area contributed by atoms with E-state index in [1.54, 1.807) is 6.20 Å². The number of aliphatic hydroxyl groups is 1. The van der Waals surface area contributed by atoms with Gasteiger partial charge in [0.15, 0.2) is 0 Å². The van der Waals surface area contributed by atoms with E-state index in [4.69, 9.17) is 5.11 Å². The van der Waals surface area contributed by atoms with Crippen molar-refractivity contribution >= 4 is 15.9 Å². The molecule has 3 heteroatoms. The number of hydrogen-bond donors (Lipinski definition) is 1. The first-order valence-electron chi connectivity index (χ1n) is 3.04. The number of rotatable bonds is 2. The van der Waals surface area contributed by atoms with Crippen LogP contribution in [0.3, 0.4) is 0 Å². The molecule has 0 aliphatic heterocycles. The van der Waals surface area contributed by atoms with Gasteiger partial charge in [0.1, 0.15) is 4.60 Å². The molecule has 0 unspecified atom stereocenters. The Morgan fingerprint density at radius 2 is 2.30 bits per heavy atom. The number of halogens is 1. The van der Waals surface area contributed by atoms with Gasteiger partial charge in [0, 0.05) is 12.8 Å². The highest BCUT2D eigenvalue weighted by atomic mass is 79.9. The lowest BCUT2D eigenvalue weighted by molar-refractivity contribution is 0.299. The lowest BCUT2D eigenvalue weighted by Gasteiger charge is -1.95. The van der Waals surface area contributed by atoms with E-state index in [1.165, 1.54) is 0 Å². The smallest absolute Gasteiger partial charge is 0.106 e. The van der Waals surface area contributed by atoms with Gasteiger partial charge in [-0.15, -0.1) is 0 Å². The Morgan fingerprint density at radius 3 is 2.80 bits per heavy atom. The summed E-state index contributed by atoms with van der Waals surface area (Å²) in [6.07, 6.45) is 2.43. The van der Waals surface area contributed by atoms with Gasteiger partial charge in [0.25, 0.3) is 0 Å². The van der Waals surface area contributed by atoms with Crippen LogP contribution < -0.4 is 0 Å². The highest BCUT2D eigenvalue weighted by molar-refractivity contribution is 9.10. The quantitative estimate of drug-likeness (QED) is 0.735. The van der Waals surface area contributed by atoms with E-state index in [1.807, 2.05) is 12.1 Å². The summed E-state index contributed by atoms with van der Waals surface area (Å²) in [5, 5.41) is 8.55. The number of aromatic nitrogens is 1. The van der Waals surface area contributed by atoms with Gasteiger partial charge in [-0.2, -0.15) is 0 Å². The molecule has 2 nitrogen and oxygen atoms in total. The number of hydrogen-bond acceptors (Lipinski definition) is 2. The molecule has 0 saturated heterocycles. The van der Waals surface area contributed by atoms with Gasteiger partial charge in [-0.1, -0.05) is 6.07 Å². The second-order valence-electron chi connectivity index (χ2n) is 1.96. The molecule has 0 fully saturated rings. The van der Waals surface area contributed by atoms with Gasteiger partial charge >= 0.3 is 0 Å². The van der Waals surface area contributed by atoms with Crippen LogP contribution in [0.4, 0.5) is 0 Å². The molecule has 1 rings (SSSR count). The summed E-state index contributed by atoms with van der Waals surface area (Å²) < 4.78 is 0.828. The molecule has 0 radical (unpaired) electrons. The summed E-state index contributed by atoms with van der Waals surface area (Å²) in [5.74, 6) is 0. The van der Waals surface area contributed by atoms with Crippen molar-refractivity contribution < 1.29 is 5.11 Å². The Balaban J connectivity index is 2.69. The first-order valence-corrected chi connectivity index (χ1v) is 3.83. The normalized spacial score (nSPS) is 9.80. The molecular formula is C7H8BrNO. The van der Waals surface area contributed by atoms with Crippen LogP contribution in [0, 0.1) is 0 Å². The number of aliphatic hydroxyl groups excluding tert-OH is 1. The van der Waals surface area contributed by atoms with Crippen molar-refractivity contribution in [3.63, 3.8) is 0 Å². The summed E-state index contributed by atoms with van der Waals surface area (Å²) in [5.41, 5.74) is 1.06. The van der Waals surface area contributed by atoms with E-state index in [-0.39, 0.29) is 6.61 Å². The van der Waals surface area contributed by atoms with Crippen LogP contribution in [-0.4, -0.2) is 16.7 Å². The van der Waals surface area contributed by atoms with Crippen molar-refractivity contribution in [2.24, 2.45) is 0 Å². The number of nitrogens with zero attached hydrogens (tertiary/aromatic N) is 1. The van der Waals surface area contributed by atoms with E-state index >= 15 is 0 Å². The Kier molecular flexibility index (Phi) is 2.83. The van der Waals surface area contributed by atoms with Crippen LogP contribution in [0.5, 0.6) is 0 Å². The van der Waals surface area contributed by atoms with Crippen LogP contribution in [-0.2, 0) is 6.42 Å². The third-order valence-corrected chi connectivity index (χ3v) is 1.66. The topological polar surface area (TPSA) is 33.1 Å². The first kappa shape index (κ1) is 7.69. The molecule has 1 aromatic rings. The van der Waals surface area contributed by atoms with Crippen molar-refractivity contribution in [3.8, 4) is 0 Å². The molecule has 10 heavy (non-hydrogen) atoms. The van der Waals surface area contributed by atoms with Gasteiger partial charge < -0.3 is 5.11 Å². The Labute approximate surface area is 68.0 Å². The van der Waals surface area contributed by atoms with Gasteiger partial charge in [-0.3, -0.25) is 0 Å². The third-order valence-electron chi connectivity index (χ3n) is 1.19. The molecule has 1 heterocycles. The van der Waals surface area contributed by atoms with Crippen LogP contribution in [0.15, 0.2) is 22.9 Å². The van der Waals surface area contributed by atoms with Crippen molar-refractivity contribution in [2.45, 2.75) is 6.42 Å². The highest BCUT2D eigenvalue weighted by Gasteiger charge is 1.90. The van der Waals surface area contributed by atoms with E-state index < -0.39 is 0 Å². The zero-order chi connectivity index (χ0) is 7.40. The first-order chi connectivity index (χ1) is 4.83. The van der Waals surface area contributed by atoms with Crippen LogP contribution >= 0.6 is 15.9 Å². The molecule has 1 N–H and O–H groups in total. The molecule has 0 bridgehead atoms. The lowest BCUT2D eigenvalue weighted by Crippen LogP contribution is -1.90. The zero-order valence-corrected chi connectivity index (χ0v) is 7.00. The molecule has 1 aromatic heterocycles. The standard InChI is InChI=1S/C7H8BrNO/c8-7-2-1-6(3-4-10)5-9-7/h1-2,5,10H,3-4H2. The monoisotopic (exact) mass is 201 g/mol. The summed E-state index contributed by atoms with van der Waals surface area (Å²) in [7, 11) is 0. The summed E-state index contributed by atoms with van der Waals surface area (Å²) >= 11 is 3.22. The maximum atomic E-state index is 8.55. The minimum absolute atomic E-state index is 0.184. The molecule has 54 valence electrons. The number of pyridine rings is 1. The predicted molar refractivity (Wildman–Crippen MR) is 42.7 cm³/mol. The molecule has 0 saturated carbocycles. The molecule has 0 aliphatic rings. The second-order valence-corrected chi connectivity index (χ2v) is 2.78. The highest BCUT2D eigenvalue weighted by Crippen LogP contribution is 2.05. The maximum absolute atomic E-state index is 8.55.